The monoisotopic (exact) mass is 259 g/mol. The molecule has 0 unspecified atom stereocenters. The van der Waals surface area contributed by atoms with Crippen LogP contribution in [0.3, 0.4) is 0 Å². The Hall–Kier alpha value is -1.09. The van der Waals surface area contributed by atoms with E-state index < -0.39 is 0 Å². The van der Waals surface area contributed by atoms with Crippen molar-refractivity contribution in [1.29, 1.82) is 0 Å². The highest BCUT2D eigenvalue weighted by Crippen LogP contribution is 2.33. The molecule has 0 radical (unpaired) electrons. The molecule has 0 spiro atoms. The van der Waals surface area contributed by atoms with Crippen molar-refractivity contribution in [1.82, 2.24) is 9.88 Å². The smallest absolute Gasteiger partial charge is 0.0588 e. The van der Waals surface area contributed by atoms with E-state index in [9.17, 15) is 0 Å². The Bertz CT molecular complexity index is 459. The van der Waals surface area contributed by atoms with E-state index in [1.807, 2.05) is 0 Å². The topological polar surface area (TPSA) is 19.4 Å². The first-order valence-corrected chi connectivity index (χ1v) is 7.55. The molecule has 1 aliphatic heterocycles. The maximum atomic E-state index is 4.63. The van der Waals surface area contributed by atoms with Crippen LogP contribution in [0.15, 0.2) is 6.20 Å². The largest absolute Gasteiger partial charge is 0.370 e. The lowest BCUT2D eigenvalue weighted by atomic mass is 10.0. The van der Waals surface area contributed by atoms with Gasteiger partial charge in [0.25, 0.3) is 0 Å². The zero-order valence-corrected chi connectivity index (χ0v) is 12.4. The van der Waals surface area contributed by atoms with Gasteiger partial charge in [0.05, 0.1) is 11.9 Å². The Kier molecular flexibility index (Phi) is 3.48. The van der Waals surface area contributed by atoms with Crippen LogP contribution in [-0.4, -0.2) is 43.1 Å². The number of aryl methyl sites for hydroxylation is 1. The first-order valence-electron chi connectivity index (χ1n) is 7.55. The molecular formula is C16H25N3. The molecule has 3 rings (SSSR count). The number of nitrogens with zero attached hydrogens (tertiary/aromatic N) is 3. The predicted molar refractivity (Wildman–Crippen MR) is 79.9 cm³/mol. The molecule has 2 aliphatic rings. The molecule has 2 heterocycles. The maximum absolute atomic E-state index is 4.63. The number of hydrogen-bond donors (Lipinski definition) is 0. The normalized spacial score (nSPS) is 20.1. The average molecular weight is 259 g/mol. The molecule has 3 heteroatoms. The van der Waals surface area contributed by atoms with Crippen LogP contribution in [0.4, 0.5) is 5.69 Å². The highest BCUT2D eigenvalue weighted by Gasteiger charge is 2.25. The van der Waals surface area contributed by atoms with Crippen molar-refractivity contribution in [2.24, 2.45) is 0 Å². The average Bonchev–Trinajstić information content (AvgIpc) is 2.89. The van der Waals surface area contributed by atoms with Crippen LogP contribution < -0.4 is 4.90 Å². The minimum Gasteiger partial charge on any atom is -0.370 e. The van der Waals surface area contributed by atoms with E-state index in [1.165, 1.54) is 62.1 Å². The summed E-state index contributed by atoms with van der Waals surface area (Å²) < 4.78 is 0. The number of hydrogen-bond acceptors (Lipinski definition) is 3. The van der Waals surface area contributed by atoms with Crippen LogP contribution >= 0.6 is 0 Å². The second-order valence-electron chi connectivity index (χ2n) is 6.22. The quantitative estimate of drug-likeness (QED) is 0.813. The van der Waals surface area contributed by atoms with Crippen molar-refractivity contribution in [3.05, 3.63) is 23.0 Å². The third-order valence-electron chi connectivity index (χ3n) is 4.88. The van der Waals surface area contributed by atoms with E-state index in [0.29, 0.717) is 0 Å². The first-order chi connectivity index (χ1) is 9.16. The fourth-order valence-corrected chi connectivity index (χ4v) is 3.64. The molecule has 1 aliphatic carbocycles. The maximum Gasteiger partial charge on any atom is 0.0588 e. The van der Waals surface area contributed by atoms with Crippen molar-refractivity contribution in [3.63, 3.8) is 0 Å². The van der Waals surface area contributed by atoms with E-state index in [2.05, 4.69) is 42.0 Å². The fourth-order valence-electron chi connectivity index (χ4n) is 3.64. The lowest BCUT2D eigenvalue weighted by molar-refractivity contribution is 0.249. The summed E-state index contributed by atoms with van der Waals surface area (Å²) in [5, 5.41) is 0. The van der Waals surface area contributed by atoms with Gasteiger partial charge in [0.15, 0.2) is 0 Å². The summed E-state index contributed by atoms with van der Waals surface area (Å²) in [5.41, 5.74) is 5.80. The summed E-state index contributed by atoms with van der Waals surface area (Å²) >= 11 is 0. The van der Waals surface area contributed by atoms with Crippen molar-refractivity contribution in [2.45, 2.75) is 45.1 Å². The third kappa shape index (κ3) is 2.36. The molecule has 0 amide bonds. The van der Waals surface area contributed by atoms with Crippen molar-refractivity contribution in [2.75, 3.05) is 32.1 Å². The van der Waals surface area contributed by atoms with Gasteiger partial charge in [-0.05, 0) is 64.3 Å². The number of anilines is 1. The summed E-state index contributed by atoms with van der Waals surface area (Å²) in [6.07, 6.45) is 8.46. The first kappa shape index (κ1) is 12.9. The third-order valence-corrected chi connectivity index (χ3v) is 4.88. The minimum atomic E-state index is 0.753. The second kappa shape index (κ2) is 5.12. The van der Waals surface area contributed by atoms with Gasteiger partial charge < -0.3 is 9.80 Å². The van der Waals surface area contributed by atoms with Gasteiger partial charge in [-0.15, -0.1) is 0 Å². The Morgan fingerprint density at radius 2 is 1.84 bits per heavy atom. The molecule has 0 atom stereocenters. The Balaban J connectivity index is 1.79. The molecule has 0 N–H and O–H groups in total. The van der Waals surface area contributed by atoms with Gasteiger partial charge in [-0.1, -0.05) is 0 Å². The van der Waals surface area contributed by atoms with Crippen molar-refractivity contribution >= 4 is 5.69 Å². The van der Waals surface area contributed by atoms with Gasteiger partial charge in [-0.2, -0.15) is 0 Å². The fraction of sp³-hybridized carbons (Fsp3) is 0.688. The summed E-state index contributed by atoms with van der Waals surface area (Å²) in [6.45, 7) is 4.52. The summed E-state index contributed by atoms with van der Waals surface area (Å²) in [4.78, 5) is 9.56. The number of fused-ring (bicyclic) bond motifs is 1. The Labute approximate surface area is 116 Å². The molecule has 0 saturated carbocycles. The van der Waals surface area contributed by atoms with E-state index in [0.717, 1.165) is 6.04 Å². The molecule has 0 aromatic carbocycles. The Morgan fingerprint density at radius 1 is 1.16 bits per heavy atom. The van der Waals surface area contributed by atoms with Crippen molar-refractivity contribution in [3.8, 4) is 0 Å². The lowest BCUT2D eigenvalue weighted by Crippen LogP contribution is -2.42. The van der Waals surface area contributed by atoms with E-state index in [1.54, 1.807) is 5.56 Å². The summed E-state index contributed by atoms with van der Waals surface area (Å²) in [5.74, 6) is 0. The van der Waals surface area contributed by atoms with Crippen LogP contribution in [0.5, 0.6) is 0 Å². The van der Waals surface area contributed by atoms with Crippen LogP contribution in [0.2, 0.25) is 0 Å². The van der Waals surface area contributed by atoms with Gasteiger partial charge in [0.2, 0.25) is 0 Å². The SMILES string of the molecule is Cc1ncc(N2CCC(N(C)C)CC2)c2c1CCC2. The number of aromatic nitrogens is 1. The van der Waals surface area contributed by atoms with Crippen LogP contribution in [-0.2, 0) is 12.8 Å². The molecule has 1 saturated heterocycles. The van der Waals surface area contributed by atoms with Crippen molar-refractivity contribution < 1.29 is 0 Å². The van der Waals surface area contributed by atoms with Gasteiger partial charge in [0, 0.05) is 24.8 Å². The van der Waals surface area contributed by atoms with E-state index in [-0.39, 0.29) is 0 Å². The van der Waals surface area contributed by atoms with Gasteiger partial charge >= 0.3 is 0 Å². The summed E-state index contributed by atoms with van der Waals surface area (Å²) in [6, 6.07) is 0.753. The molecular weight excluding hydrogens is 234 g/mol. The zero-order valence-electron chi connectivity index (χ0n) is 12.4. The Morgan fingerprint density at radius 3 is 2.53 bits per heavy atom. The molecule has 3 nitrogen and oxygen atoms in total. The summed E-state index contributed by atoms with van der Waals surface area (Å²) in [7, 11) is 4.40. The number of pyridine rings is 1. The molecule has 1 aromatic heterocycles. The lowest BCUT2D eigenvalue weighted by Gasteiger charge is -2.37. The molecule has 0 bridgehead atoms. The highest BCUT2D eigenvalue weighted by atomic mass is 15.2. The van der Waals surface area contributed by atoms with Crippen LogP contribution in [0.25, 0.3) is 0 Å². The zero-order chi connectivity index (χ0) is 13.4. The van der Waals surface area contributed by atoms with E-state index >= 15 is 0 Å². The highest BCUT2D eigenvalue weighted by molar-refractivity contribution is 5.58. The van der Waals surface area contributed by atoms with Gasteiger partial charge in [-0.25, -0.2) is 0 Å². The molecule has 1 fully saturated rings. The number of piperidine rings is 1. The minimum absolute atomic E-state index is 0.753. The molecule has 1 aromatic rings. The van der Waals surface area contributed by atoms with Gasteiger partial charge in [0.1, 0.15) is 0 Å². The standard InChI is InChI=1S/C16H25N3/c1-12-14-5-4-6-15(14)16(11-17-12)19-9-7-13(8-10-19)18(2)3/h11,13H,4-10H2,1-3H3. The second-order valence-corrected chi connectivity index (χ2v) is 6.22. The van der Waals surface area contributed by atoms with Crippen LogP contribution in [0.1, 0.15) is 36.1 Å². The van der Waals surface area contributed by atoms with E-state index in [4.69, 9.17) is 0 Å². The number of rotatable bonds is 2. The van der Waals surface area contributed by atoms with Gasteiger partial charge in [-0.3, -0.25) is 4.98 Å². The molecule has 19 heavy (non-hydrogen) atoms. The molecule has 104 valence electrons. The van der Waals surface area contributed by atoms with Crippen LogP contribution in [0, 0.1) is 6.92 Å². The predicted octanol–water partition coefficient (Wildman–Crippen LogP) is 2.41.